The molecule has 0 spiro atoms. The highest BCUT2D eigenvalue weighted by Gasteiger charge is 2.10. The van der Waals surface area contributed by atoms with Gasteiger partial charge in [-0.2, -0.15) is 0 Å². The highest BCUT2D eigenvalue weighted by Crippen LogP contribution is 2.27. The van der Waals surface area contributed by atoms with Gasteiger partial charge in [0.15, 0.2) is 0 Å². The van der Waals surface area contributed by atoms with E-state index in [4.69, 9.17) is 5.73 Å². The molecule has 0 saturated carbocycles. The van der Waals surface area contributed by atoms with Gasteiger partial charge in [0.25, 0.3) is 0 Å². The molecule has 0 aliphatic rings. The summed E-state index contributed by atoms with van der Waals surface area (Å²) in [5.41, 5.74) is 7.91. The van der Waals surface area contributed by atoms with Crippen molar-refractivity contribution in [3.8, 4) is 0 Å². The van der Waals surface area contributed by atoms with Crippen molar-refractivity contribution in [3.05, 3.63) is 64.5 Å². The highest BCUT2D eigenvalue weighted by molar-refractivity contribution is 9.10. The molecule has 3 aromatic rings. The first-order valence-corrected chi connectivity index (χ1v) is 6.72. The monoisotopic (exact) mass is 318 g/mol. The average Bonchev–Trinajstić information content (AvgIpc) is 2.72. The van der Waals surface area contributed by atoms with Crippen LogP contribution in [0.5, 0.6) is 0 Å². The van der Waals surface area contributed by atoms with Crippen LogP contribution in [0.3, 0.4) is 0 Å². The standard InChI is InChI=1S/C15H12BrFN2/c16-12-9-19(15-7-2-1-4-10(12)15)8-11-13(17)5-3-6-14(11)18/h1-7,9H,8,18H2. The summed E-state index contributed by atoms with van der Waals surface area (Å²) in [7, 11) is 0. The smallest absolute Gasteiger partial charge is 0.130 e. The third kappa shape index (κ3) is 2.12. The van der Waals surface area contributed by atoms with E-state index in [0.717, 1.165) is 15.4 Å². The Morgan fingerprint density at radius 3 is 2.68 bits per heavy atom. The van der Waals surface area contributed by atoms with Crippen molar-refractivity contribution in [2.75, 3.05) is 5.73 Å². The predicted molar refractivity (Wildman–Crippen MR) is 79.6 cm³/mol. The van der Waals surface area contributed by atoms with Crippen molar-refractivity contribution < 1.29 is 4.39 Å². The number of hydrogen-bond donors (Lipinski definition) is 1. The number of aromatic nitrogens is 1. The van der Waals surface area contributed by atoms with Crippen LogP contribution in [0.4, 0.5) is 10.1 Å². The number of rotatable bonds is 2. The Balaban J connectivity index is 2.11. The molecule has 2 nitrogen and oxygen atoms in total. The summed E-state index contributed by atoms with van der Waals surface area (Å²) >= 11 is 3.52. The van der Waals surface area contributed by atoms with Gasteiger partial charge in [-0.25, -0.2) is 4.39 Å². The first-order chi connectivity index (χ1) is 9.16. The quantitative estimate of drug-likeness (QED) is 0.706. The molecule has 0 aliphatic heterocycles. The lowest BCUT2D eigenvalue weighted by Gasteiger charge is -2.09. The summed E-state index contributed by atoms with van der Waals surface area (Å²) in [4.78, 5) is 0. The summed E-state index contributed by atoms with van der Waals surface area (Å²) in [5.74, 6) is -0.270. The second-order valence-electron chi connectivity index (χ2n) is 4.43. The molecule has 0 saturated heterocycles. The SMILES string of the molecule is Nc1cccc(F)c1Cn1cc(Br)c2ccccc21. The van der Waals surface area contributed by atoms with E-state index < -0.39 is 0 Å². The number of anilines is 1. The van der Waals surface area contributed by atoms with Gasteiger partial charge >= 0.3 is 0 Å². The van der Waals surface area contributed by atoms with Crippen LogP contribution in [0, 0.1) is 5.82 Å². The van der Waals surface area contributed by atoms with Crippen molar-refractivity contribution in [1.29, 1.82) is 0 Å². The number of para-hydroxylation sites is 1. The van der Waals surface area contributed by atoms with Gasteiger partial charge in [-0.3, -0.25) is 0 Å². The number of nitrogen functional groups attached to an aromatic ring is 1. The Labute approximate surface area is 118 Å². The number of halogens is 2. The average molecular weight is 319 g/mol. The van der Waals surface area contributed by atoms with Crippen molar-refractivity contribution in [1.82, 2.24) is 4.57 Å². The molecule has 0 fully saturated rings. The summed E-state index contributed by atoms with van der Waals surface area (Å²) in [6.45, 7) is 0.421. The van der Waals surface area contributed by atoms with E-state index in [-0.39, 0.29) is 5.82 Å². The van der Waals surface area contributed by atoms with Crippen LogP contribution < -0.4 is 5.73 Å². The van der Waals surface area contributed by atoms with E-state index in [9.17, 15) is 4.39 Å². The van der Waals surface area contributed by atoms with Crippen LogP contribution in [0.1, 0.15) is 5.56 Å². The molecular weight excluding hydrogens is 307 g/mol. The lowest BCUT2D eigenvalue weighted by atomic mass is 10.1. The van der Waals surface area contributed by atoms with E-state index in [2.05, 4.69) is 15.9 Å². The molecule has 0 radical (unpaired) electrons. The molecule has 0 bridgehead atoms. The second-order valence-corrected chi connectivity index (χ2v) is 5.28. The summed E-state index contributed by atoms with van der Waals surface area (Å²) < 4.78 is 16.8. The topological polar surface area (TPSA) is 30.9 Å². The Kier molecular flexibility index (Phi) is 3.03. The van der Waals surface area contributed by atoms with Crippen LogP contribution >= 0.6 is 15.9 Å². The Morgan fingerprint density at radius 1 is 1.11 bits per heavy atom. The van der Waals surface area contributed by atoms with Gasteiger partial charge in [-0.15, -0.1) is 0 Å². The maximum atomic E-state index is 13.8. The number of fused-ring (bicyclic) bond motifs is 1. The number of nitrogens with two attached hydrogens (primary N) is 1. The summed E-state index contributed by atoms with van der Waals surface area (Å²) in [6, 6.07) is 12.8. The lowest BCUT2D eigenvalue weighted by molar-refractivity contribution is 0.603. The fourth-order valence-electron chi connectivity index (χ4n) is 2.25. The van der Waals surface area contributed by atoms with E-state index in [1.807, 2.05) is 35.0 Å². The fourth-order valence-corrected chi connectivity index (χ4v) is 2.83. The van der Waals surface area contributed by atoms with Crippen LogP contribution in [0.2, 0.25) is 0 Å². The summed E-state index contributed by atoms with van der Waals surface area (Å²) in [5, 5.41) is 1.11. The second kappa shape index (κ2) is 4.70. The molecule has 1 aromatic heterocycles. The molecule has 2 aromatic carbocycles. The molecule has 0 aliphatic carbocycles. The maximum absolute atomic E-state index is 13.8. The van der Waals surface area contributed by atoms with E-state index in [1.165, 1.54) is 6.07 Å². The van der Waals surface area contributed by atoms with Crippen LogP contribution in [0.25, 0.3) is 10.9 Å². The van der Waals surface area contributed by atoms with Gasteiger partial charge in [0.2, 0.25) is 0 Å². The Hall–Kier alpha value is -1.81. The van der Waals surface area contributed by atoms with Gasteiger partial charge in [0.05, 0.1) is 6.54 Å². The molecule has 0 unspecified atom stereocenters. The molecule has 2 N–H and O–H groups in total. The van der Waals surface area contributed by atoms with Gasteiger partial charge in [0.1, 0.15) is 5.82 Å². The van der Waals surface area contributed by atoms with Gasteiger partial charge in [-0.05, 0) is 34.1 Å². The zero-order valence-electron chi connectivity index (χ0n) is 10.1. The molecule has 96 valence electrons. The zero-order valence-corrected chi connectivity index (χ0v) is 11.7. The van der Waals surface area contributed by atoms with E-state index >= 15 is 0 Å². The van der Waals surface area contributed by atoms with Crippen LogP contribution in [0.15, 0.2) is 53.1 Å². The molecule has 0 amide bonds. The number of hydrogen-bond acceptors (Lipinski definition) is 1. The van der Waals surface area contributed by atoms with Crippen molar-refractivity contribution >= 4 is 32.5 Å². The molecule has 4 heteroatoms. The van der Waals surface area contributed by atoms with Crippen molar-refractivity contribution in [2.45, 2.75) is 6.54 Å². The third-order valence-corrected chi connectivity index (χ3v) is 3.86. The molecule has 19 heavy (non-hydrogen) atoms. The first kappa shape index (κ1) is 12.2. The Morgan fingerprint density at radius 2 is 1.89 bits per heavy atom. The minimum Gasteiger partial charge on any atom is -0.398 e. The highest BCUT2D eigenvalue weighted by atomic mass is 79.9. The first-order valence-electron chi connectivity index (χ1n) is 5.93. The van der Waals surface area contributed by atoms with Crippen LogP contribution in [-0.4, -0.2) is 4.57 Å². The largest absolute Gasteiger partial charge is 0.398 e. The minimum absolute atomic E-state index is 0.270. The zero-order chi connectivity index (χ0) is 13.4. The number of nitrogens with zero attached hydrogens (tertiary/aromatic N) is 1. The van der Waals surface area contributed by atoms with Crippen molar-refractivity contribution in [3.63, 3.8) is 0 Å². The molecule has 3 rings (SSSR count). The van der Waals surface area contributed by atoms with E-state index in [0.29, 0.717) is 17.8 Å². The normalized spacial score (nSPS) is 11.1. The van der Waals surface area contributed by atoms with Crippen LogP contribution in [-0.2, 0) is 6.54 Å². The van der Waals surface area contributed by atoms with Gasteiger partial charge in [0, 0.05) is 32.8 Å². The third-order valence-electron chi connectivity index (χ3n) is 3.22. The number of benzene rings is 2. The molecule has 1 heterocycles. The fraction of sp³-hybridized carbons (Fsp3) is 0.0667. The molecule has 0 atom stereocenters. The Bertz CT molecular complexity index is 729. The van der Waals surface area contributed by atoms with Crippen molar-refractivity contribution in [2.24, 2.45) is 0 Å². The minimum atomic E-state index is -0.270. The molecular formula is C15H12BrFN2. The summed E-state index contributed by atoms with van der Waals surface area (Å²) in [6.07, 6.45) is 1.95. The lowest BCUT2D eigenvalue weighted by Crippen LogP contribution is -2.04. The maximum Gasteiger partial charge on any atom is 0.130 e. The van der Waals surface area contributed by atoms with E-state index in [1.54, 1.807) is 12.1 Å². The van der Waals surface area contributed by atoms with Gasteiger partial charge < -0.3 is 10.3 Å². The predicted octanol–water partition coefficient (Wildman–Crippen LogP) is 4.17. The van der Waals surface area contributed by atoms with Gasteiger partial charge in [-0.1, -0.05) is 24.3 Å².